The summed E-state index contributed by atoms with van der Waals surface area (Å²) in [5, 5.41) is 0. The number of ketones is 1. The fourth-order valence-corrected chi connectivity index (χ4v) is 4.09. The van der Waals surface area contributed by atoms with Crippen molar-refractivity contribution >= 4 is 5.78 Å². The van der Waals surface area contributed by atoms with Crippen molar-refractivity contribution < 1.29 is 19.2 Å². The van der Waals surface area contributed by atoms with Gasteiger partial charge in [0.25, 0.3) is 0 Å². The van der Waals surface area contributed by atoms with Gasteiger partial charge in [0.15, 0.2) is 17.3 Å². The Balaban J connectivity index is 1.35. The van der Waals surface area contributed by atoms with E-state index in [0.29, 0.717) is 31.4 Å². The number of hydrogen-bond acceptors (Lipinski definition) is 3. The average Bonchev–Trinajstić information content (AvgIpc) is 3.13. The summed E-state index contributed by atoms with van der Waals surface area (Å²) >= 11 is 0. The predicted molar refractivity (Wildman–Crippen MR) is 100 cm³/mol. The maximum atomic E-state index is 12.6. The molecule has 0 spiro atoms. The van der Waals surface area contributed by atoms with E-state index >= 15 is 0 Å². The van der Waals surface area contributed by atoms with Gasteiger partial charge in [0.2, 0.25) is 0 Å². The molecule has 0 amide bonds. The third-order valence-electron chi connectivity index (χ3n) is 5.49. The second kappa shape index (κ2) is 7.92. The molecular formula is C22H26NO3+. The highest BCUT2D eigenvalue weighted by atomic mass is 16.6. The topological polar surface area (TPSA) is 40.0 Å². The first-order valence-corrected chi connectivity index (χ1v) is 9.61. The van der Waals surface area contributed by atoms with E-state index in [1.807, 2.05) is 18.2 Å². The Morgan fingerprint density at radius 2 is 1.85 bits per heavy atom. The van der Waals surface area contributed by atoms with Gasteiger partial charge in [-0.2, -0.15) is 0 Å². The third-order valence-corrected chi connectivity index (χ3v) is 5.49. The number of ether oxygens (including phenoxy) is 2. The third kappa shape index (κ3) is 3.91. The van der Waals surface area contributed by atoms with Gasteiger partial charge in [-0.15, -0.1) is 0 Å². The van der Waals surface area contributed by atoms with Gasteiger partial charge in [-0.25, -0.2) is 0 Å². The number of carbonyl (C=O) groups excluding carboxylic acids is 1. The molecule has 2 aromatic rings. The van der Waals surface area contributed by atoms with Crippen molar-refractivity contribution in [2.75, 3.05) is 26.3 Å². The second-order valence-electron chi connectivity index (χ2n) is 7.22. The quantitative estimate of drug-likeness (QED) is 0.811. The molecule has 2 aliphatic rings. The zero-order valence-electron chi connectivity index (χ0n) is 15.1. The standard InChI is InChI=1S/C22H25NO3/c24-20(18-8-9-21-22(16-18)26-14-13-25-21)10-12-23-11-4-7-19(23)15-17-5-2-1-3-6-17/h1-3,5-6,8-9,16,19H,4,7,10-15H2/p+1/t19-/m0/s1. The zero-order chi connectivity index (χ0) is 17.8. The van der Waals surface area contributed by atoms with Crippen molar-refractivity contribution in [1.29, 1.82) is 0 Å². The highest BCUT2D eigenvalue weighted by molar-refractivity contribution is 5.96. The number of nitrogens with one attached hydrogen (secondary N) is 1. The van der Waals surface area contributed by atoms with Gasteiger partial charge in [-0.1, -0.05) is 30.3 Å². The van der Waals surface area contributed by atoms with Crippen molar-refractivity contribution in [2.45, 2.75) is 31.7 Å². The van der Waals surface area contributed by atoms with Crippen LogP contribution in [-0.4, -0.2) is 38.1 Å². The number of rotatable bonds is 6. The van der Waals surface area contributed by atoms with Crippen LogP contribution in [-0.2, 0) is 6.42 Å². The summed E-state index contributed by atoms with van der Waals surface area (Å²) in [6.45, 7) is 3.20. The molecular weight excluding hydrogens is 326 g/mol. The van der Waals surface area contributed by atoms with Crippen LogP contribution in [0.4, 0.5) is 0 Å². The minimum atomic E-state index is 0.194. The molecule has 1 N–H and O–H groups in total. The van der Waals surface area contributed by atoms with Crippen LogP contribution in [0.15, 0.2) is 48.5 Å². The first-order valence-electron chi connectivity index (χ1n) is 9.61. The monoisotopic (exact) mass is 352 g/mol. The number of carbonyl (C=O) groups is 1. The highest BCUT2D eigenvalue weighted by Gasteiger charge is 2.29. The van der Waals surface area contributed by atoms with E-state index in [-0.39, 0.29) is 5.78 Å². The summed E-state index contributed by atoms with van der Waals surface area (Å²) in [6, 6.07) is 16.9. The van der Waals surface area contributed by atoms with Crippen LogP contribution >= 0.6 is 0 Å². The summed E-state index contributed by atoms with van der Waals surface area (Å²) < 4.78 is 11.1. The Labute approximate surface area is 154 Å². The van der Waals surface area contributed by atoms with Crippen LogP contribution in [0.2, 0.25) is 0 Å². The maximum absolute atomic E-state index is 12.6. The van der Waals surface area contributed by atoms with E-state index in [4.69, 9.17) is 9.47 Å². The van der Waals surface area contributed by atoms with Gasteiger partial charge < -0.3 is 14.4 Å². The Kier molecular flexibility index (Phi) is 5.21. The summed E-state index contributed by atoms with van der Waals surface area (Å²) in [7, 11) is 0. The van der Waals surface area contributed by atoms with E-state index in [0.717, 1.165) is 24.3 Å². The Morgan fingerprint density at radius 1 is 1.04 bits per heavy atom. The summed E-state index contributed by atoms with van der Waals surface area (Å²) in [6.07, 6.45) is 4.20. The molecule has 0 aliphatic carbocycles. The van der Waals surface area contributed by atoms with Gasteiger partial charge in [0, 0.05) is 24.8 Å². The van der Waals surface area contributed by atoms with E-state index in [1.165, 1.54) is 24.9 Å². The van der Waals surface area contributed by atoms with Gasteiger partial charge in [-0.3, -0.25) is 4.79 Å². The van der Waals surface area contributed by atoms with Crippen molar-refractivity contribution in [2.24, 2.45) is 0 Å². The van der Waals surface area contributed by atoms with Gasteiger partial charge >= 0.3 is 0 Å². The predicted octanol–water partition coefficient (Wildman–Crippen LogP) is 2.32. The Hall–Kier alpha value is -2.33. The number of quaternary nitrogens is 1. The van der Waals surface area contributed by atoms with Gasteiger partial charge in [-0.05, 0) is 23.8 Å². The first kappa shape index (κ1) is 17.1. The van der Waals surface area contributed by atoms with Gasteiger partial charge in [0.05, 0.1) is 25.6 Å². The molecule has 136 valence electrons. The minimum absolute atomic E-state index is 0.194. The smallest absolute Gasteiger partial charge is 0.168 e. The lowest BCUT2D eigenvalue weighted by Gasteiger charge is -2.22. The summed E-state index contributed by atoms with van der Waals surface area (Å²) in [5.41, 5.74) is 2.13. The van der Waals surface area contributed by atoms with Crippen molar-refractivity contribution in [3.8, 4) is 11.5 Å². The molecule has 0 radical (unpaired) electrons. The molecule has 1 unspecified atom stereocenters. The molecule has 2 atom stereocenters. The van der Waals surface area contributed by atoms with Crippen LogP contribution in [0.25, 0.3) is 0 Å². The molecule has 1 fully saturated rings. The SMILES string of the molecule is O=C(CC[NH+]1CCC[C@H]1Cc1ccccc1)c1ccc2c(c1)OCCO2. The zero-order valence-corrected chi connectivity index (χ0v) is 15.1. The number of fused-ring (bicyclic) bond motifs is 1. The first-order chi connectivity index (χ1) is 12.8. The van der Waals surface area contributed by atoms with E-state index in [1.54, 1.807) is 4.90 Å². The van der Waals surface area contributed by atoms with E-state index in [9.17, 15) is 4.79 Å². The fourth-order valence-electron chi connectivity index (χ4n) is 4.09. The fraction of sp³-hybridized carbons (Fsp3) is 0.409. The lowest BCUT2D eigenvalue weighted by atomic mass is 10.0. The molecule has 4 rings (SSSR count). The number of Topliss-reactive ketones (excluding diaryl/α,β-unsaturated/α-hetero) is 1. The summed E-state index contributed by atoms with van der Waals surface area (Å²) in [4.78, 5) is 14.2. The molecule has 1 saturated heterocycles. The van der Waals surface area contributed by atoms with Crippen molar-refractivity contribution in [3.63, 3.8) is 0 Å². The van der Waals surface area contributed by atoms with Crippen LogP contribution in [0.1, 0.15) is 35.2 Å². The Bertz CT molecular complexity index is 759. The molecule has 26 heavy (non-hydrogen) atoms. The lowest BCUT2D eigenvalue weighted by Crippen LogP contribution is -3.14. The molecule has 4 nitrogen and oxygen atoms in total. The largest absolute Gasteiger partial charge is 0.486 e. The molecule has 2 aliphatic heterocycles. The summed E-state index contributed by atoms with van der Waals surface area (Å²) in [5.74, 6) is 1.62. The van der Waals surface area contributed by atoms with Crippen LogP contribution in [0.5, 0.6) is 11.5 Å². The van der Waals surface area contributed by atoms with E-state index < -0.39 is 0 Å². The Morgan fingerprint density at radius 3 is 2.69 bits per heavy atom. The minimum Gasteiger partial charge on any atom is -0.486 e. The lowest BCUT2D eigenvalue weighted by molar-refractivity contribution is -0.911. The van der Waals surface area contributed by atoms with Crippen LogP contribution in [0.3, 0.4) is 0 Å². The molecule has 0 aromatic heterocycles. The van der Waals surface area contributed by atoms with Crippen LogP contribution in [0, 0.1) is 0 Å². The molecule has 4 heteroatoms. The molecule has 0 bridgehead atoms. The number of hydrogen-bond donors (Lipinski definition) is 1. The van der Waals surface area contributed by atoms with Crippen LogP contribution < -0.4 is 14.4 Å². The second-order valence-corrected chi connectivity index (χ2v) is 7.22. The van der Waals surface area contributed by atoms with Gasteiger partial charge in [0.1, 0.15) is 13.2 Å². The van der Waals surface area contributed by atoms with Crippen molar-refractivity contribution in [3.05, 3.63) is 59.7 Å². The maximum Gasteiger partial charge on any atom is 0.168 e. The molecule has 0 saturated carbocycles. The molecule has 2 aromatic carbocycles. The van der Waals surface area contributed by atoms with E-state index in [2.05, 4.69) is 30.3 Å². The average molecular weight is 352 g/mol. The number of likely N-dealkylation sites (tertiary alicyclic amines) is 1. The number of benzene rings is 2. The van der Waals surface area contributed by atoms with Crippen molar-refractivity contribution in [1.82, 2.24) is 0 Å². The highest BCUT2D eigenvalue weighted by Crippen LogP contribution is 2.31. The molecule has 2 heterocycles. The normalized spacial score (nSPS) is 21.5.